The fourth-order valence-corrected chi connectivity index (χ4v) is 2.80. The molecule has 2 rings (SSSR count). The van der Waals surface area contributed by atoms with Crippen LogP contribution in [0.15, 0.2) is 12.1 Å². The molecule has 16 heavy (non-hydrogen) atoms. The molecule has 1 saturated carbocycles. The van der Waals surface area contributed by atoms with Gasteiger partial charge < -0.3 is 5.32 Å². The molecule has 2 heteroatoms. The van der Waals surface area contributed by atoms with Crippen LogP contribution in [-0.2, 0) is 0 Å². The minimum atomic E-state index is 0.431. The highest BCUT2D eigenvalue weighted by Gasteiger charge is 2.28. The number of rotatable bonds is 3. The average Bonchev–Trinajstić information content (AvgIpc) is 2.17. The number of halogens is 1. The maximum absolute atomic E-state index is 6.36. The van der Waals surface area contributed by atoms with Crippen molar-refractivity contribution >= 4 is 11.6 Å². The molecule has 0 bridgehead atoms. The SMILES string of the molecule is CNC(c1cc(C)c(C)cc1Cl)C1CCC1. The van der Waals surface area contributed by atoms with Crippen LogP contribution in [0.25, 0.3) is 0 Å². The Hall–Kier alpha value is -0.530. The van der Waals surface area contributed by atoms with E-state index in [0.717, 1.165) is 10.9 Å². The first kappa shape index (κ1) is 11.9. The van der Waals surface area contributed by atoms with Crippen molar-refractivity contribution in [1.82, 2.24) is 5.32 Å². The van der Waals surface area contributed by atoms with Gasteiger partial charge in [-0.25, -0.2) is 0 Å². The van der Waals surface area contributed by atoms with Crippen LogP contribution in [0, 0.1) is 19.8 Å². The lowest BCUT2D eigenvalue weighted by molar-refractivity contribution is 0.239. The molecular weight excluding hydrogens is 218 g/mol. The van der Waals surface area contributed by atoms with Crippen LogP contribution in [0.5, 0.6) is 0 Å². The Labute approximate surface area is 103 Å². The van der Waals surface area contributed by atoms with Gasteiger partial charge in [0.05, 0.1) is 0 Å². The molecule has 1 aliphatic rings. The Morgan fingerprint density at radius 3 is 2.38 bits per heavy atom. The molecule has 1 fully saturated rings. The Bertz CT molecular complexity index is 383. The number of nitrogens with one attached hydrogen (secondary N) is 1. The first-order chi connectivity index (χ1) is 7.63. The van der Waals surface area contributed by atoms with E-state index in [2.05, 4.69) is 31.3 Å². The molecule has 0 radical (unpaired) electrons. The van der Waals surface area contributed by atoms with Crippen LogP contribution < -0.4 is 5.32 Å². The molecule has 1 nitrogen and oxygen atoms in total. The van der Waals surface area contributed by atoms with Gasteiger partial charge in [-0.1, -0.05) is 24.1 Å². The zero-order valence-corrected chi connectivity index (χ0v) is 11.1. The van der Waals surface area contributed by atoms with E-state index in [1.807, 2.05) is 7.05 Å². The Morgan fingerprint density at radius 1 is 1.25 bits per heavy atom. The fourth-order valence-electron chi connectivity index (χ4n) is 2.46. The quantitative estimate of drug-likeness (QED) is 0.838. The van der Waals surface area contributed by atoms with Gasteiger partial charge in [0.1, 0.15) is 0 Å². The van der Waals surface area contributed by atoms with E-state index in [9.17, 15) is 0 Å². The summed E-state index contributed by atoms with van der Waals surface area (Å²) in [6.45, 7) is 4.27. The predicted octanol–water partition coefficient (Wildman–Crippen LogP) is 4.02. The topological polar surface area (TPSA) is 12.0 Å². The predicted molar refractivity (Wildman–Crippen MR) is 70.1 cm³/mol. The van der Waals surface area contributed by atoms with Crippen molar-refractivity contribution < 1.29 is 0 Å². The zero-order chi connectivity index (χ0) is 11.7. The van der Waals surface area contributed by atoms with Crippen LogP contribution in [0.4, 0.5) is 0 Å². The van der Waals surface area contributed by atoms with Gasteiger partial charge in [0.15, 0.2) is 0 Å². The highest BCUT2D eigenvalue weighted by atomic mass is 35.5. The van der Waals surface area contributed by atoms with Gasteiger partial charge in [0.2, 0.25) is 0 Å². The Morgan fingerprint density at radius 2 is 1.88 bits per heavy atom. The first-order valence-electron chi connectivity index (χ1n) is 6.07. The maximum Gasteiger partial charge on any atom is 0.0456 e. The third-order valence-electron chi connectivity index (χ3n) is 3.88. The molecule has 1 atom stereocenters. The minimum absolute atomic E-state index is 0.431. The summed E-state index contributed by atoms with van der Waals surface area (Å²) in [5.41, 5.74) is 3.88. The zero-order valence-electron chi connectivity index (χ0n) is 10.3. The van der Waals surface area contributed by atoms with Gasteiger partial charge in [-0.05, 0) is 62.4 Å². The van der Waals surface area contributed by atoms with Crippen LogP contribution in [0.3, 0.4) is 0 Å². The molecule has 1 unspecified atom stereocenters. The average molecular weight is 238 g/mol. The van der Waals surface area contributed by atoms with E-state index in [-0.39, 0.29) is 0 Å². The summed E-state index contributed by atoms with van der Waals surface area (Å²) >= 11 is 6.36. The van der Waals surface area contributed by atoms with Crippen molar-refractivity contribution in [3.05, 3.63) is 33.8 Å². The summed E-state index contributed by atoms with van der Waals surface area (Å²) < 4.78 is 0. The molecule has 0 heterocycles. The van der Waals surface area contributed by atoms with Crippen molar-refractivity contribution in [3.63, 3.8) is 0 Å². The smallest absolute Gasteiger partial charge is 0.0456 e. The second-order valence-corrected chi connectivity index (χ2v) is 5.32. The maximum atomic E-state index is 6.36. The summed E-state index contributed by atoms with van der Waals surface area (Å²) in [7, 11) is 2.04. The van der Waals surface area contributed by atoms with Crippen molar-refractivity contribution in [1.29, 1.82) is 0 Å². The Kier molecular flexibility index (Phi) is 3.56. The van der Waals surface area contributed by atoms with E-state index in [4.69, 9.17) is 11.6 Å². The first-order valence-corrected chi connectivity index (χ1v) is 6.45. The lowest BCUT2D eigenvalue weighted by Gasteiger charge is -2.34. The van der Waals surface area contributed by atoms with Crippen LogP contribution in [0.2, 0.25) is 5.02 Å². The summed E-state index contributed by atoms with van der Waals surface area (Å²) in [6, 6.07) is 4.77. The second kappa shape index (κ2) is 4.77. The van der Waals surface area contributed by atoms with Gasteiger partial charge in [-0.2, -0.15) is 0 Å². The van der Waals surface area contributed by atoms with E-state index < -0.39 is 0 Å². The lowest BCUT2D eigenvalue weighted by Crippen LogP contribution is -2.30. The summed E-state index contributed by atoms with van der Waals surface area (Å²) in [6.07, 6.45) is 4.02. The molecule has 88 valence electrons. The molecule has 1 aliphatic carbocycles. The van der Waals surface area contributed by atoms with Gasteiger partial charge in [-0.3, -0.25) is 0 Å². The van der Waals surface area contributed by atoms with E-state index in [1.165, 1.54) is 36.0 Å². The number of benzene rings is 1. The van der Waals surface area contributed by atoms with Crippen LogP contribution in [-0.4, -0.2) is 7.05 Å². The molecule has 0 spiro atoms. The molecule has 1 aromatic rings. The summed E-state index contributed by atoms with van der Waals surface area (Å²) in [4.78, 5) is 0. The normalized spacial score (nSPS) is 18.2. The van der Waals surface area contributed by atoms with Crippen molar-refractivity contribution in [2.75, 3.05) is 7.05 Å². The van der Waals surface area contributed by atoms with Gasteiger partial charge in [-0.15, -0.1) is 0 Å². The molecular formula is C14H20ClN. The van der Waals surface area contributed by atoms with Crippen molar-refractivity contribution in [2.24, 2.45) is 5.92 Å². The highest BCUT2D eigenvalue weighted by molar-refractivity contribution is 6.31. The second-order valence-electron chi connectivity index (χ2n) is 4.92. The minimum Gasteiger partial charge on any atom is -0.313 e. The van der Waals surface area contributed by atoms with E-state index in [0.29, 0.717) is 6.04 Å². The third kappa shape index (κ3) is 2.11. The number of aryl methyl sites for hydroxylation is 2. The fraction of sp³-hybridized carbons (Fsp3) is 0.571. The Balaban J connectivity index is 2.33. The highest BCUT2D eigenvalue weighted by Crippen LogP contribution is 2.40. The largest absolute Gasteiger partial charge is 0.313 e. The molecule has 0 amide bonds. The van der Waals surface area contributed by atoms with E-state index >= 15 is 0 Å². The summed E-state index contributed by atoms with van der Waals surface area (Å²) in [5, 5.41) is 4.33. The van der Waals surface area contributed by atoms with Crippen LogP contribution in [0.1, 0.15) is 42.0 Å². The van der Waals surface area contributed by atoms with Gasteiger partial charge in [0.25, 0.3) is 0 Å². The molecule has 1 aromatic carbocycles. The molecule has 0 saturated heterocycles. The van der Waals surface area contributed by atoms with Crippen LogP contribution >= 0.6 is 11.6 Å². The van der Waals surface area contributed by atoms with Crippen molar-refractivity contribution in [2.45, 2.75) is 39.2 Å². The van der Waals surface area contributed by atoms with Gasteiger partial charge in [0, 0.05) is 11.1 Å². The number of hydrogen-bond acceptors (Lipinski definition) is 1. The van der Waals surface area contributed by atoms with Gasteiger partial charge >= 0.3 is 0 Å². The monoisotopic (exact) mass is 237 g/mol. The lowest BCUT2D eigenvalue weighted by atomic mass is 9.77. The molecule has 0 aliphatic heterocycles. The standard InChI is InChI=1S/C14H20ClN/c1-9-7-12(13(15)8-10(9)2)14(16-3)11-5-4-6-11/h7-8,11,14,16H,4-6H2,1-3H3. The summed E-state index contributed by atoms with van der Waals surface area (Å²) in [5.74, 6) is 0.768. The number of hydrogen-bond donors (Lipinski definition) is 1. The van der Waals surface area contributed by atoms with E-state index in [1.54, 1.807) is 0 Å². The third-order valence-corrected chi connectivity index (χ3v) is 4.21. The van der Waals surface area contributed by atoms with Crippen molar-refractivity contribution in [3.8, 4) is 0 Å². The molecule has 0 aromatic heterocycles. The molecule has 1 N–H and O–H groups in total.